The molecule has 1 saturated carbocycles. The third kappa shape index (κ3) is 5.34. The van der Waals surface area contributed by atoms with Crippen LogP contribution in [0.15, 0.2) is 47.4 Å². The van der Waals surface area contributed by atoms with Gasteiger partial charge in [0.2, 0.25) is 0 Å². The zero-order chi connectivity index (χ0) is 27.4. The molecular weight excluding hydrogens is 542 g/mol. The monoisotopic (exact) mass is 567 g/mol. The first-order valence-electron chi connectivity index (χ1n) is 12.2. The van der Waals surface area contributed by atoms with Crippen LogP contribution >= 0.6 is 24.0 Å². The van der Waals surface area contributed by atoms with Crippen molar-refractivity contribution >= 4 is 76.8 Å². The summed E-state index contributed by atoms with van der Waals surface area (Å²) in [6.45, 7) is 0.710. The first-order valence-corrected chi connectivity index (χ1v) is 13.5. The topological polar surface area (TPSA) is 106 Å². The maximum absolute atomic E-state index is 12.8. The van der Waals surface area contributed by atoms with E-state index in [2.05, 4.69) is 17.0 Å². The summed E-state index contributed by atoms with van der Waals surface area (Å²) in [5.74, 6) is 0.0981. The van der Waals surface area contributed by atoms with Gasteiger partial charge >= 0.3 is 0 Å². The fourth-order valence-electron chi connectivity index (χ4n) is 5.42. The highest BCUT2D eigenvalue weighted by atomic mass is 32.2. The Labute approximate surface area is 234 Å². The summed E-state index contributed by atoms with van der Waals surface area (Å²) in [7, 11) is 0. The number of thiocarbonyl (C=S) groups is 1. The van der Waals surface area contributed by atoms with Gasteiger partial charge in [-0.1, -0.05) is 36.5 Å². The van der Waals surface area contributed by atoms with E-state index in [1.54, 1.807) is 4.90 Å². The van der Waals surface area contributed by atoms with E-state index in [0.29, 0.717) is 40.6 Å². The van der Waals surface area contributed by atoms with Gasteiger partial charge < -0.3 is 24.0 Å². The highest BCUT2D eigenvalue weighted by Gasteiger charge is 2.42. The van der Waals surface area contributed by atoms with Crippen molar-refractivity contribution in [3.63, 3.8) is 0 Å². The molecule has 39 heavy (non-hydrogen) atoms. The number of carbonyl (C=O) groups excluding carboxylic acids is 4. The molecule has 1 amide bonds. The molecule has 2 aromatic carbocycles. The van der Waals surface area contributed by atoms with Crippen molar-refractivity contribution in [1.82, 2.24) is 4.90 Å². The molecule has 2 aliphatic heterocycles. The van der Waals surface area contributed by atoms with E-state index >= 15 is 0 Å². The minimum Gasteiger partial charge on any atom is -0.446 e. The molecule has 2 heterocycles. The van der Waals surface area contributed by atoms with E-state index in [1.165, 1.54) is 22.2 Å². The van der Waals surface area contributed by atoms with E-state index in [4.69, 9.17) is 26.4 Å². The van der Waals surface area contributed by atoms with Gasteiger partial charge in [0.05, 0.1) is 4.91 Å². The maximum Gasteiger partial charge on any atom is 0.294 e. The standard InChI is InChI=1S/C27H25N3O7S2/c31-15-35-12-28(13-36-16-32)19-5-7-20(8-6-19)30-23-3-1-2-21(23)22-10-18(4-9-24(22)30)11-25-26(34)29(14-37-17-33)27(38)39-25/h4-11,15-17,21,23H,1-3,12-14H2. The molecule has 2 atom stereocenters. The fraction of sp³-hybridized carbons (Fsp3) is 0.296. The van der Waals surface area contributed by atoms with Crippen LogP contribution in [0.4, 0.5) is 17.1 Å². The zero-order valence-corrected chi connectivity index (χ0v) is 22.4. The second-order valence-electron chi connectivity index (χ2n) is 9.13. The number of ether oxygens (including phenoxy) is 3. The van der Waals surface area contributed by atoms with Crippen LogP contribution in [0.1, 0.15) is 36.3 Å². The number of hydrogen-bond acceptors (Lipinski definition) is 11. The summed E-state index contributed by atoms with van der Waals surface area (Å²) < 4.78 is 14.8. The molecule has 1 saturated heterocycles. The molecule has 0 radical (unpaired) electrons. The van der Waals surface area contributed by atoms with Gasteiger partial charge in [-0.15, -0.1) is 0 Å². The number of carbonyl (C=O) groups is 4. The SMILES string of the molecule is O=COCN1C(=O)C(=Cc2ccc3c(c2)C2CCCC2N3c2ccc(N(COC=O)COC=O)cc2)SC1=S. The predicted molar refractivity (Wildman–Crippen MR) is 149 cm³/mol. The van der Waals surface area contributed by atoms with E-state index in [9.17, 15) is 19.2 Å². The maximum atomic E-state index is 12.8. The van der Waals surface area contributed by atoms with Gasteiger partial charge in [0.15, 0.2) is 24.5 Å². The quantitative estimate of drug-likeness (QED) is 0.123. The third-order valence-corrected chi connectivity index (χ3v) is 8.43. The second-order valence-corrected chi connectivity index (χ2v) is 10.8. The van der Waals surface area contributed by atoms with Crippen molar-refractivity contribution < 1.29 is 33.4 Å². The van der Waals surface area contributed by atoms with E-state index in [0.717, 1.165) is 41.9 Å². The highest BCUT2D eigenvalue weighted by molar-refractivity contribution is 8.26. The molecule has 2 unspecified atom stereocenters. The lowest BCUT2D eigenvalue weighted by atomic mass is 9.96. The largest absolute Gasteiger partial charge is 0.446 e. The van der Waals surface area contributed by atoms with Crippen molar-refractivity contribution in [3.05, 3.63) is 58.5 Å². The average molecular weight is 568 g/mol. The number of anilines is 3. The Hall–Kier alpha value is -3.90. The summed E-state index contributed by atoms with van der Waals surface area (Å²) in [6.07, 6.45) is 5.11. The molecule has 3 aliphatic rings. The van der Waals surface area contributed by atoms with Crippen LogP contribution < -0.4 is 9.80 Å². The smallest absolute Gasteiger partial charge is 0.294 e. The summed E-state index contributed by atoms with van der Waals surface area (Å²) in [5.41, 5.74) is 5.07. The van der Waals surface area contributed by atoms with E-state index in [1.807, 2.05) is 36.4 Å². The lowest BCUT2D eigenvalue weighted by molar-refractivity contribution is -0.136. The van der Waals surface area contributed by atoms with Crippen molar-refractivity contribution in [2.45, 2.75) is 31.2 Å². The number of hydrogen-bond donors (Lipinski definition) is 0. The Kier molecular flexibility index (Phi) is 8.13. The summed E-state index contributed by atoms with van der Waals surface area (Å²) in [4.78, 5) is 50.4. The van der Waals surface area contributed by atoms with Gasteiger partial charge in [-0.2, -0.15) is 0 Å². The number of benzene rings is 2. The molecule has 10 nitrogen and oxygen atoms in total. The average Bonchev–Trinajstić information content (AvgIpc) is 3.61. The second kappa shape index (κ2) is 11.9. The predicted octanol–water partition coefficient (Wildman–Crippen LogP) is 3.87. The van der Waals surface area contributed by atoms with Crippen molar-refractivity contribution in [2.75, 3.05) is 30.0 Å². The van der Waals surface area contributed by atoms with Crippen LogP contribution in [-0.4, -0.2) is 60.8 Å². The van der Waals surface area contributed by atoms with Crippen LogP contribution in [0.3, 0.4) is 0 Å². The number of rotatable bonds is 12. The molecule has 5 rings (SSSR count). The van der Waals surface area contributed by atoms with Crippen molar-refractivity contribution in [1.29, 1.82) is 0 Å². The summed E-state index contributed by atoms with van der Waals surface area (Å²) in [5, 5.41) is 0. The summed E-state index contributed by atoms with van der Waals surface area (Å²) in [6, 6.07) is 14.4. The van der Waals surface area contributed by atoms with E-state index in [-0.39, 0.29) is 26.1 Å². The molecule has 12 heteroatoms. The Bertz CT molecular complexity index is 1300. The van der Waals surface area contributed by atoms with Gasteiger partial charge in [-0.3, -0.25) is 24.1 Å². The molecule has 2 fully saturated rings. The number of thioether (sulfide) groups is 1. The first-order chi connectivity index (χ1) is 19.0. The van der Waals surface area contributed by atoms with Gasteiger partial charge in [0.1, 0.15) is 0 Å². The molecule has 0 spiro atoms. The van der Waals surface area contributed by atoms with Crippen LogP contribution in [0.25, 0.3) is 6.08 Å². The summed E-state index contributed by atoms with van der Waals surface area (Å²) >= 11 is 6.47. The van der Waals surface area contributed by atoms with Crippen LogP contribution in [-0.2, 0) is 33.4 Å². The number of nitrogens with zero attached hydrogens (tertiary/aromatic N) is 3. The molecule has 0 bridgehead atoms. The molecular formula is C27H25N3O7S2. The Morgan fingerprint density at radius 3 is 2.38 bits per heavy atom. The Morgan fingerprint density at radius 1 is 0.974 bits per heavy atom. The van der Waals surface area contributed by atoms with Gasteiger partial charge in [0.25, 0.3) is 25.3 Å². The van der Waals surface area contributed by atoms with Crippen molar-refractivity contribution in [3.8, 4) is 0 Å². The van der Waals surface area contributed by atoms with Gasteiger partial charge in [-0.05, 0) is 66.4 Å². The number of fused-ring (bicyclic) bond motifs is 3. The zero-order valence-electron chi connectivity index (χ0n) is 20.8. The first kappa shape index (κ1) is 26.7. The lowest BCUT2D eigenvalue weighted by Crippen LogP contribution is -2.30. The van der Waals surface area contributed by atoms with Gasteiger partial charge in [-0.25, -0.2) is 0 Å². The molecule has 202 valence electrons. The van der Waals surface area contributed by atoms with Crippen LogP contribution in [0.5, 0.6) is 0 Å². The van der Waals surface area contributed by atoms with Gasteiger partial charge in [0, 0.05) is 29.0 Å². The Balaban J connectivity index is 1.40. The fourth-order valence-corrected chi connectivity index (χ4v) is 6.65. The minimum atomic E-state index is -0.279. The van der Waals surface area contributed by atoms with Crippen LogP contribution in [0.2, 0.25) is 0 Å². The van der Waals surface area contributed by atoms with Crippen molar-refractivity contribution in [2.24, 2.45) is 0 Å². The molecule has 0 aromatic heterocycles. The van der Waals surface area contributed by atoms with E-state index < -0.39 is 0 Å². The highest BCUT2D eigenvalue weighted by Crippen LogP contribution is 2.52. The molecule has 2 aromatic rings. The van der Waals surface area contributed by atoms with Crippen LogP contribution in [0, 0.1) is 0 Å². The molecule has 0 N–H and O–H groups in total. The third-order valence-electron chi connectivity index (χ3n) is 7.05. The Morgan fingerprint density at radius 2 is 1.69 bits per heavy atom. The number of amides is 1. The normalized spacial score (nSPS) is 20.6. The molecule has 1 aliphatic carbocycles. The lowest BCUT2D eigenvalue weighted by Gasteiger charge is -2.28. The minimum absolute atomic E-state index is 0.0421.